The number of aliphatic imine (C=N–C) groups is 2. The minimum absolute atomic E-state index is 0.0133. The molecule has 2 rings (SSSR count). The average Bonchev–Trinajstić information content (AvgIpc) is 3.41. The SMILES string of the molecule is C=CN=C(C)N1CCC(NC(=O)C(=C(C)C)/C(CC)=C(/N=C)NC2(C)CC2)CC1. The lowest BCUT2D eigenvalue weighted by molar-refractivity contribution is -0.118. The summed E-state index contributed by atoms with van der Waals surface area (Å²) in [5, 5.41) is 6.76. The average molecular weight is 400 g/mol. The van der Waals surface area contributed by atoms with Gasteiger partial charge in [0.25, 0.3) is 5.91 Å². The van der Waals surface area contributed by atoms with Gasteiger partial charge >= 0.3 is 0 Å². The second-order valence-electron chi connectivity index (χ2n) is 8.49. The summed E-state index contributed by atoms with van der Waals surface area (Å²) in [5.41, 5.74) is 2.75. The maximum atomic E-state index is 13.2. The zero-order chi connectivity index (χ0) is 21.6. The van der Waals surface area contributed by atoms with E-state index in [4.69, 9.17) is 0 Å². The molecule has 0 aromatic carbocycles. The van der Waals surface area contributed by atoms with Gasteiger partial charge in [-0.25, -0.2) is 9.98 Å². The van der Waals surface area contributed by atoms with E-state index in [1.807, 2.05) is 20.8 Å². The molecule has 2 N–H and O–H groups in total. The van der Waals surface area contributed by atoms with Crippen LogP contribution in [0.15, 0.2) is 45.3 Å². The number of likely N-dealkylation sites (tertiary alicyclic amines) is 1. The number of nitrogens with one attached hydrogen (secondary N) is 2. The number of carbonyl (C=O) groups excluding carboxylic acids is 1. The van der Waals surface area contributed by atoms with Gasteiger partial charge in [-0.1, -0.05) is 19.1 Å². The Morgan fingerprint density at radius 3 is 2.31 bits per heavy atom. The molecule has 0 spiro atoms. The van der Waals surface area contributed by atoms with Crippen LogP contribution in [-0.2, 0) is 4.79 Å². The Balaban J connectivity index is 2.12. The zero-order valence-corrected chi connectivity index (χ0v) is 18.8. The molecule has 1 aliphatic heterocycles. The van der Waals surface area contributed by atoms with Crippen LogP contribution in [-0.4, -0.2) is 48.0 Å². The summed E-state index contributed by atoms with van der Waals surface area (Å²) in [6, 6.07) is 0.164. The lowest BCUT2D eigenvalue weighted by Gasteiger charge is -2.33. The molecule has 0 radical (unpaired) electrons. The quantitative estimate of drug-likeness (QED) is 0.281. The van der Waals surface area contributed by atoms with Gasteiger partial charge < -0.3 is 15.5 Å². The minimum atomic E-state index is -0.0133. The summed E-state index contributed by atoms with van der Waals surface area (Å²) in [7, 11) is 0. The van der Waals surface area contributed by atoms with Gasteiger partial charge in [-0.3, -0.25) is 4.79 Å². The molecule has 0 aromatic rings. The molecule has 2 aliphatic rings. The van der Waals surface area contributed by atoms with Crippen molar-refractivity contribution in [1.29, 1.82) is 0 Å². The van der Waals surface area contributed by atoms with Gasteiger partial charge in [0.1, 0.15) is 11.7 Å². The number of piperidine rings is 1. The lowest BCUT2D eigenvalue weighted by Crippen LogP contribution is -2.46. The van der Waals surface area contributed by atoms with Gasteiger partial charge in [0, 0.05) is 42.0 Å². The number of hydrogen-bond donors (Lipinski definition) is 2. The molecular formula is C23H37N5O. The van der Waals surface area contributed by atoms with E-state index in [0.717, 1.165) is 73.6 Å². The van der Waals surface area contributed by atoms with Crippen LogP contribution in [0, 0.1) is 0 Å². The molecule has 29 heavy (non-hydrogen) atoms. The summed E-state index contributed by atoms with van der Waals surface area (Å²) in [4.78, 5) is 24.0. The van der Waals surface area contributed by atoms with Crippen molar-refractivity contribution in [3.63, 3.8) is 0 Å². The third kappa shape index (κ3) is 6.05. The van der Waals surface area contributed by atoms with Crippen LogP contribution in [0.25, 0.3) is 0 Å². The van der Waals surface area contributed by atoms with E-state index in [-0.39, 0.29) is 17.5 Å². The van der Waals surface area contributed by atoms with Crippen molar-refractivity contribution in [1.82, 2.24) is 15.5 Å². The van der Waals surface area contributed by atoms with E-state index in [9.17, 15) is 4.79 Å². The van der Waals surface area contributed by atoms with Crippen LogP contribution in [0.1, 0.15) is 66.7 Å². The van der Waals surface area contributed by atoms with Gasteiger partial charge in [0.05, 0.1) is 0 Å². The molecule has 0 aromatic heterocycles. The first kappa shape index (κ1) is 22.9. The van der Waals surface area contributed by atoms with Crippen LogP contribution in [0.4, 0.5) is 0 Å². The molecule has 1 heterocycles. The summed E-state index contributed by atoms with van der Waals surface area (Å²) in [6.07, 6.45) is 6.34. The zero-order valence-electron chi connectivity index (χ0n) is 18.8. The number of amidine groups is 1. The smallest absolute Gasteiger partial charge is 0.251 e. The largest absolute Gasteiger partial charge is 0.365 e. The summed E-state index contributed by atoms with van der Waals surface area (Å²) >= 11 is 0. The van der Waals surface area contributed by atoms with Gasteiger partial charge in [-0.2, -0.15) is 0 Å². The normalized spacial score (nSPS) is 19.8. The Morgan fingerprint density at radius 1 is 1.24 bits per heavy atom. The Hall–Kier alpha value is -2.37. The first-order chi connectivity index (χ1) is 13.7. The first-order valence-electron chi connectivity index (χ1n) is 10.6. The molecule has 0 atom stereocenters. The summed E-state index contributed by atoms with van der Waals surface area (Å²) in [6.45, 7) is 19.4. The van der Waals surface area contributed by atoms with Crippen molar-refractivity contribution in [3.05, 3.63) is 35.3 Å². The Kier molecular flexibility index (Phi) is 7.82. The van der Waals surface area contributed by atoms with Crippen LogP contribution in [0.3, 0.4) is 0 Å². The maximum Gasteiger partial charge on any atom is 0.251 e. The molecule has 1 saturated carbocycles. The molecule has 1 aliphatic carbocycles. The fourth-order valence-corrected chi connectivity index (χ4v) is 3.76. The van der Waals surface area contributed by atoms with Crippen molar-refractivity contribution in [3.8, 4) is 0 Å². The minimum Gasteiger partial charge on any atom is -0.365 e. The Labute approximate surface area is 175 Å². The van der Waals surface area contributed by atoms with Gasteiger partial charge in [0.15, 0.2) is 0 Å². The topological polar surface area (TPSA) is 69.1 Å². The summed E-state index contributed by atoms with van der Waals surface area (Å²) < 4.78 is 0. The number of rotatable bonds is 8. The van der Waals surface area contributed by atoms with E-state index in [2.05, 4.69) is 52.7 Å². The van der Waals surface area contributed by atoms with Crippen LogP contribution in [0.5, 0.6) is 0 Å². The fourth-order valence-electron chi connectivity index (χ4n) is 3.76. The second-order valence-corrected chi connectivity index (χ2v) is 8.49. The molecule has 0 bridgehead atoms. The monoisotopic (exact) mass is 399 g/mol. The predicted molar refractivity (Wildman–Crippen MR) is 122 cm³/mol. The van der Waals surface area contributed by atoms with Crippen LogP contribution >= 0.6 is 0 Å². The molecular weight excluding hydrogens is 362 g/mol. The number of allylic oxidation sites excluding steroid dienone is 1. The molecule has 1 amide bonds. The van der Waals surface area contributed by atoms with Crippen LogP contribution < -0.4 is 10.6 Å². The Bertz CT molecular complexity index is 730. The van der Waals surface area contributed by atoms with Gasteiger partial charge in [0.2, 0.25) is 0 Å². The maximum absolute atomic E-state index is 13.2. The van der Waals surface area contributed by atoms with E-state index < -0.39 is 0 Å². The standard InChI is InChI=1S/C23H37N5O/c1-8-19(21(24-7)27-23(6)12-13-23)20(16(3)4)22(29)26-18-10-14-28(15-11-18)17(5)25-9-2/h9,18,27H,2,7-8,10-15H2,1,3-6H3,(H,26,29)/b21-19-,25-17?. The van der Waals surface area contributed by atoms with Crippen molar-refractivity contribution in [2.75, 3.05) is 13.1 Å². The number of nitrogens with zero attached hydrogens (tertiary/aromatic N) is 3. The second kappa shape index (κ2) is 9.90. The van der Waals surface area contributed by atoms with E-state index in [1.54, 1.807) is 6.20 Å². The van der Waals surface area contributed by atoms with Gasteiger partial charge in [-0.15, -0.1) is 0 Å². The first-order valence-corrected chi connectivity index (χ1v) is 10.6. The highest BCUT2D eigenvalue weighted by atomic mass is 16.1. The number of carbonyl (C=O) groups is 1. The molecule has 6 nitrogen and oxygen atoms in total. The van der Waals surface area contributed by atoms with Crippen molar-refractivity contribution >= 4 is 18.5 Å². The number of hydrogen-bond acceptors (Lipinski definition) is 4. The van der Waals surface area contributed by atoms with Gasteiger partial charge in [-0.05, 0) is 66.5 Å². The van der Waals surface area contributed by atoms with E-state index >= 15 is 0 Å². The van der Waals surface area contributed by atoms with E-state index in [0.29, 0.717) is 0 Å². The molecule has 2 fully saturated rings. The number of amides is 1. The highest BCUT2D eigenvalue weighted by molar-refractivity contribution is 5.98. The lowest BCUT2D eigenvalue weighted by atomic mass is 9.96. The highest BCUT2D eigenvalue weighted by Gasteiger charge is 2.38. The van der Waals surface area contributed by atoms with Crippen molar-refractivity contribution in [2.24, 2.45) is 9.98 Å². The third-order valence-corrected chi connectivity index (χ3v) is 5.81. The third-order valence-electron chi connectivity index (χ3n) is 5.81. The molecule has 6 heteroatoms. The van der Waals surface area contributed by atoms with Crippen molar-refractivity contribution < 1.29 is 4.79 Å². The predicted octanol–water partition coefficient (Wildman–Crippen LogP) is 3.93. The highest BCUT2D eigenvalue weighted by Crippen LogP contribution is 2.36. The van der Waals surface area contributed by atoms with Crippen LogP contribution in [0.2, 0.25) is 0 Å². The van der Waals surface area contributed by atoms with E-state index in [1.165, 1.54) is 0 Å². The van der Waals surface area contributed by atoms with Crippen molar-refractivity contribution in [2.45, 2.75) is 78.3 Å². The molecule has 160 valence electrons. The summed E-state index contributed by atoms with van der Waals surface area (Å²) in [5.74, 6) is 1.71. The molecule has 0 unspecified atom stereocenters. The molecule has 1 saturated heterocycles. The fraction of sp³-hybridized carbons (Fsp3) is 0.609. The Morgan fingerprint density at radius 2 is 1.86 bits per heavy atom.